The van der Waals surface area contributed by atoms with E-state index in [-0.39, 0.29) is 23.9 Å². The largest absolute Gasteiger partial charge is 0.457 e. The van der Waals surface area contributed by atoms with Gasteiger partial charge in [-0.1, -0.05) is 36.4 Å². The maximum atomic E-state index is 12.5. The van der Waals surface area contributed by atoms with Crippen molar-refractivity contribution in [3.63, 3.8) is 0 Å². The molecule has 3 amide bonds. The first kappa shape index (κ1) is 27.5. The number of nitrogens with one attached hydrogen (secondary N) is 1. The third kappa shape index (κ3) is 5.71. The molecule has 2 atom stereocenters. The summed E-state index contributed by atoms with van der Waals surface area (Å²) in [5, 5.41) is 17.7. The molecule has 7 rings (SSSR count). The van der Waals surface area contributed by atoms with Gasteiger partial charge >= 0.3 is 6.03 Å². The molecular weight excluding hydrogens is 566 g/mol. The van der Waals surface area contributed by atoms with Gasteiger partial charge in [0, 0.05) is 60.1 Å². The van der Waals surface area contributed by atoms with Gasteiger partial charge < -0.3 is 24.4 Å². The van der Waals surface area contributed by atoms with E-state index in [9.17, 15) is 9.59 Å². The zero-order valence-electron chi connectivity index (χ0n) is 24.3. The maximum Gasteiger partial charge on any atom is 0.318 e. The number of ether oxygens (including phenoxy) is 1. The van der Waals surface area contributed by atoms with Crippen molar-refractivity contribution in [2.75, 3.05) is 13.1 Å². The van der Waals surface area contributed by atoms with E-state index in [1.54, 1.807) is 16.2 Å². The van der Waals surface area contributed by atoms with Crippen LogP contribution in [0.4, 0.5) is 4.79 Å². The van der Waals surface area contributed by atoms with Crippen LogP contribution < -0.4 is 10.1 Å². The third-order valence-electron chi connectivity index (χ3n) is 8.04. The second kappa shape index (κ2) is 11.1. The predicted molar refractivity (Wildman–Crippen MR) is 160 cm³/mol. The van der Waals surface area contributed by atoms with Gasteiger partial charge in [0.25, 0.3) is 5.89 Å². The summed E-state index contributed by atoms with van der Waals surface area (Å²) >= 11 is 1.59. The molecule has 222 valence electrons. The van der Waals surface area contributed by atoms with Crippen molar-refractivity contribution in [1.82, 2.24) is 35.5 Å². The molecule has 0 spiro atoms. The highest BCUT2D eigenvalue weighted by Crippen LogP contribution is 2.37. The quantitative estimate of drug-likeness (QED) is 0.265. The van der Waals surface area contributed by atoms with Gasteiger partial charge in [0.15, 0.2) is 5.82 Å². The molecule has 2 aromatic carbocycles. The molecule has 1 aliphatic carbocycles. The highest BCUT2D eigenvalue weighted by Gasteiger charge is 2.41. The zero-order valence-corrected chi connectivity index (χ0v) is 25.1. The number of carbonyl (C=O) groups excluding carboxylic acids is 2. The molecule has 0 radical (unpaired) electrons. The Bertz CT molecular complexity index is 1660. The van der Waals surface area contributed by atoms with E-state index in [2.05, 4.69) is 39.5 Å². The molecule has 1 N–H and O–H groups in total. The Morgan fingerprint density at radius 2 is 1.86 bits per heavy atom. The highest BCUT2D eigenvalue weighted by molar-refractivity contribution is 7.14. The smallest absolute Gasteiger partial charge is 0.318 e. The summed E-state index contributed by atoms with van der Waals surface area (Å²) < 4.78 is 12.1. The molecule has 12 heteroatoms. The standard InChI is InChI=1S/C31H33N7O4S/c1-17(2)29-34-35-30(43-29)19-6-10-24(11-7-19)41-25-12-20(4-5-21(25)15-37-14-18(3)32-31(37)40)28-33-27(36-42-28)22-13-26(39)38(16-22)23-8-9-23/h4-7,10-12,17-18,22-23H,8-9,13-16H2,1-3H3,(H,32,40)/t18-,22+/m0/s1. The SMILES string of the molecule is CC(C)c1nnc(-c2ccc(Oc3cc(-c4nc([C@@H]5CC(=O)N(C6CC6)C5)no4)ccc3CN3C[C@H](C)NC3=O)cc2)s1. The Morgan fingerprint density at radius 1 is 1.07 bits per heavy atom. The van der Waals surface area contributed by atoms with E-state index in [1.807, 2.05) is 54.3 Å². The first-order valence-electron chi connectivity index (χ1n) is 14.7. The Hall–Kier alpha value is -4.32. The average Bonchev–Trinajstić information content (AvgIpc) is 3.34. The number of carbonyl (C=O) groups is 2. The normalized spacial score (nSPS) is 20.4. The topological polar surface area (TPSA) is 127 Å². The van der Waals surface area contributed by atoms with Gasteiger partial charge in [-0.05, 0) is 56.2 Å². The van der Waals surface area contributed by atoms with Crippen molar-refractivity contribution in [2.24, 2.45) is 0 Å². The fraction of sp³-hybridized carbons (Fsp3) is 0.419. The number of rotatable bonds is 9. The molecule has 11 nitrogen and oxygen atoms in total. The van der Waals surface area contributed by atoms with Crippen LogP contribution in [0, 0.1) is 0 Å². The van der Waals surface area contributed by atoms with Gasteiger partial charge in [-0.25, -0.2) is 4.79 Å². The van der Waals surface area contributed by atoms with Crippen molar-refractivity contribution in [2.45, 2.75) is 70.5 Å². The van der Waals surface area contributed by atoms with Crippen LogP contribution in [-0.4, -0.2) is 67.2 Å². The number of hydrogen-bond acceptors (Lipinski definition) is 9. The molecule has 2 saturated heterocycles. The minimum absolute atomic E-state index is 0.0700. The lowest BCUT2D eigenvalue weighted by Crippen LogP contribution is -2.28. The van der Waals surface area contributed by atoms with Crippen LogP contribution in [0.2, 0.25) is 0 Å². The fourth-order valence-corrected chi connectivity index (χ4v) is 6.41. The Kier molecular flexibility index (Phi) is 7.08. The molecule has 4 aromatic rings. The average molecular weight is 600 g/mol. The summed E-state index contributed by atoms with van der Waals surface area (Å²) in [6, 6.07) is 13.8. The van der Waals surface area contributed by atoms with Crippen LogP contribution >= 0.6 is 11.3 Å². The number of benzene rings is 2. The first-order chi connectivity index (χ1) is 20.8. The fourth-order valence-electron chi connectivity index (χ4n) is 5.56. The van der Waals surface area contributed by atoms with Crippen LogP contribution in [0.5, 0.6) is 11.5 Å². The molecule has 0 unspecified atom stereocenters. The molecular formula is C31H33N7O4S. The summed E-state index contributed by atoms with van der Waals surface area (Å²) in [6.45, 7) is 7.83. The zero-order chi connectivity index (χ0) is 29.7. The van der Waals surface area contributed by atoms with Crippen LogP contribution in [0.3, 0.4) is 0 Å². The van der Waals surface area contributed by atoms with Crippen LogP contribution in [0.15, 0.2) is 47.0 Å². The molecule has 1 saturated carbocycles. The number of aromatic nitrogens is 4. The highest BCUT2D eigenvalue weighted by atomic mass is 32.1. The van der Waals surface area contributed by atoms with Crippen molar-refractivity contribution in [1.29, 1.82) is 0 Å². The molecule has 4 heterocycles. The Balaban J connectivity index is 1.14. The van der Waals surface area contributed by atoms with E-state index in [0.717, 1.165) is 34.0 Å². The van der Waals surface area contributed by atoms with Gasteiger partial charge in [-0.2, -0.15) is 4.98 Å². The number of likely N-dealkylation sites (tertiary alicyclic amines) is 1. The monoisotopic (exact) mass is 599 g/mol. The minimum atomic E-state index is -0.0994. The van der Waals surface area contributed by atoms with Crippen molar-refractivity contribution in [3.05, 3.63) is 58.9 Å². The summed E-state index contributed by atoms with van der Waals surface area (Å²) in [6.07, 6.45) is 2.56. The van der Waals surface area contributed by atoms with Gasteiger partial charge in [-0.3, -0.25) is 4.79 Å². The van der Waals surface area contributed by atoms with E-state index in [1.165, 1.54) is 0 Å². The van der Waals surface area contributed by atoms with Gasteiger partial charge in [0.1, 0.15) is 21.5 Å². The number of amides is 3. The van der Waals surface area contributed by atoms with Crippen LogP contribution in [0.25, 0.3) is 22.0 Å². The van der Waals surface area contributed by atoms with Crippen molar-refractivity contribution in [3.8, 4) is 33.5 Å². The lowest BCUT2D eigenvalue weighted by Gasteiger charge is -2.18. The first-order valence-corrected chi connectivity index (χ1v) is 15.6. The summed E-state index contributed by atoms with van der Waals surface area (Å²) in [5.41, 5.74) is 2.52. The summed E-state index contributed by atoms with van der Waals surface area (Å²) in [4.78, 5) is 33.4. The van der Waals surface area contributed by atoms with E-state index in [4.69, 9.17) is 9.26 Å². The predicted octanol–water partition coefficient (Wildman–Crippen LogP) is 5.56. The van der Waals surface area contributed by atoms with Crippen LogP contribution in [-0.2, 0) is 11.3 Å². The van der Waals surface area contributed by atoms with Gasteiger partial charge in [0.05, 0.1) is 6.54 Å². The third-order valence-corrected chi connectivity index (χ3v) is 9.32. The molecule has 0 bridgehead atoms. The molecule has 2 aliphatic heterocycles. The second-order valence-corrected chi connectivity index (χ2v) is 12.9. The molecule has 3 fully saturated rings. The maximum absolute atomic E-state index is 12.5. The number of nitrogens with zero attached hydrogens (tertiary/aromatic N) is 6. The van der Waals surface area contributed by atoms with E-state index < -0.39 is 0 Å². The van der Waals surface area contributed by atoms with Crippen molar-refractivity contribution < 1.29 is 18.8 Å². The Labute approximate surface area is 253 Å². The van der Waals surface area contributed by atoms with E-state index in [0.29, 0.717) is 66.8 Å². The van der Waals surface area contributed by atoms with Gasteiger partial charge in [0.2, 0.25) is 5.91 Å². The summed E-state index contributed by atoms with van der Waals surface area (Å²) in [5.74, 6) is 2.57. The number of urea groups is 1. The van der Waals surface area contributed by atoms with Gasteiger partial charge in [-0.15, -0.1) is 10.2 Å². The second-order valence-electron chi connectivity index (χ2n) is 11.9. The summed E-state index contributed by atoms with van der Waals surface area (Å²) in [7, 11) is 0. The Morgan fingerprint density at radius 3 is 2.56 bits per heavy atom. The molecule has 3 aliphatic rings. The van der Waals surface area contributed by atoms with E-state index >= 15 is 0 Å². The number of hydrogen-bond donors (Lipinski definition) is 1. The van der Waals surface area contributed by atoms with Crippen LogP contribution in [0.1, 0.15) is 68.3 Å². The van der Waals surface area contributed by atoms with Crippen molar-refractivity contribution >= 4 is 23.3 Å². The molecule has 2 aromatic heterocycles. The lowest BCUT2D eigenvalue weighted by atomic mass is 10.1. The minimum Gasteiger partial charge on any atom is -0.457 e. The lowest BCUT2D eigenvalue weighted by molar-refractivity contribution is -0.128. The molecule has 43 heavy (non-hydrogen) atoms.